The summed E-state index contributed by atoms with van der Waals surface area (Å²) in [6.07, 6.45) is 4.35. The molecule has 3 rings (SSSR count). The van der Waals surface area contributed by atoms with Crippen molar-refractivity contribution in [1.29, 1.82) is 0 Å². The summed E-state index contributed by atoms with van der Waals surface area (Å²) in [5, 5.41) is 31.1. The maximum Gasteiger partial charge on any atom is 0.461 e. The molecule has 0 unspecified atom stereocenters. The second-order valence-corrected chi connectivity index (χ2v) is 5.06. The third-order valence-corrected chi connectivity index (χ3v) is 3.69. The maximum atomic E-state index is 12.3. The average molecular weight is 260 g/mol. The third-order valence-electron chi connectivity index (χ3n) is 3.69. The smallest absolute Gasteiger partial charge is 0.461 e. The van der Waals surface area contributed by atoms with Crippen molar-refractivity contribution < 1.29 is 9.58 Å². The minimum Gasteiger partial charge on any atom is -0.739 e. The van der Waals surface area contributed by atoms with Gasteiger partial charge < -0.3 is 10.4 Å². The van der Waals surface area contributed by atoms with Crippen molar-refractivity contribution in [3.8, 4) is 0 Å². The summed E-state index contributed by atoms with van der Waals surface area (Å²) < 4.78 is 0.734. The predicted molar refractivity (Wildman–Crippen MR) is 70.3 cm³/mol. The Labute approximate surface area is 110 Å². The number of benzene rings is 1. The van der Waals surface area contributed by atoms with Crippen molar-refractivity contribution in [1.82, 2.24) is 5.10 Å². The van der Waals surface area contributed by atoms with E-state index in [4.69, 9.17) is 0 Å². The van der Waals surface area contributed by atoms with Crippen molar-refractivity contribution >= 4 is 17.0 Å². The van der Waals surface area contributed by atoms with Gasteiger partial charge in [0.2, 0.25) is 5.10 Å². The molecule has 100 valence electrons. The number of hydrogen-bond donors (Lipinski definition) is 1. The lowest BCUT2D eigenvalue weighted by molar-refractivity contribution is -0.672. The van der Waals surface area contributed by atoms with Crippen molar-refractivity contribution in [2.24, 2.45) is 0 Å². The Hall–Kier alpha value is -2.11. The summed E-state index contributed by atoms with van der Waals surface area (Å²) in [5.74, 6) is 0.101. The quantitative estimate of drug-likeness (QED) is 0.649. The van der Waals surface area contributed by atoms with Gasteiger partial charge in [0.1, 0.15) is 0 Å². The van der Waals surface area contributed by atoms with Crippen LogP contribution in [0.15, 0.2) is 18.2 Å². The fraction of sp³-hybridized carbons (Fsp3) is 0.462. The van der Waals surface area contributed by atoms with Crippen LogP contribution in [0, 0.1) is 17.3 Å². The zero-order chi connectivity index (χ0) is 13.4. The van der Waals surface area contributed by atoms with Crippen LogP contribution in [0.3, 0.4) is 0 Å². The summed E-state index contributed by atoms with van der Waals surface area (Å²) in [4.78, 5) is 0.522. The van der Waals surface area contributed by atoms with Gasteiger partial charge in [0.15, 0.2) is 5.52 Å². The highest BCUT2D eigenvalue weighted by molar-refractivity contribution is 5.71. The molecule has 1 saturated carbocycles. The van der Waals surface area contributed by atoms with Crippen LogP contribution in [0.5, 0.6) is 0 Å². The Morgan fingerprint density at radius 2 is 2.00 bits per heavy atom. The summed E-state index contributed by atoms with van der Waals surface area (Å²) in [6.45, 7) is 1.82. The van der Waals surface area contributed by atoms with E-state index >= 15 is 0 Å². The zero-order valence-corrected chi connectivity index (χ0v) is 10.8. The maximum absolute atomic E-state index is 12.3. The topological polar surface area (TPSA) is 78.8 Å². The molecular weight excluding hydrogens is 244 g/mol. The Balaban J connectivity index is 2.10. The summed E-state index contributed by atoms with van der Waals surface area (Å²) in [6, 6.07) is 5.42. The van der Waals surface area contributed by atoms with E-state index in [0.717, 1.165) is 36.0 Å². The predicted octanol–water partition coefficient (Wildman–Crippen LogP) is 1.16. The van der Waals surface area contributed by atoms with Gasteiger partial charge in [-0.3, -0.25) is 5.32 Å². The molecule has 0 aliphatic heterocycles. The fourth-order valence-electron chi connectivity index (χ4n) is 2.69. The highest BCUT2D eigenvalue weighted by Crippen LogP contribution is 2.20. The molecule has 2 aromatic rings. The molecule has 1 fully saturated rings. The molecule has 6 heteroatoms. The van der Waals surface area contributed by atoms with E-state index in [2.05, 4.69) is 10.4 Å². The second kappa shape index (κ2) is 4.53. The lowest BCUT2D eigenvalue weighted by Gasteiger charge is -2.13. The Morgan fingerprint density at radius 3 is 2.74 bits per heavy atom. The van der Waals surface area contributed by atoms with Crippen molar-refractivity contribution in [2.75, 3.05) is 5.32 Å². The Morgan fingerprint density at radius 1 is 1.26 bits per heavy atom. The van der Waals surface area contributed by atoms with E-state index in [1.807, 2.05) is 13.0 Å². The number of hydrogen-bond acceptors (Lipinski definition) is 4. The van der Waals surface area contributed by atoms with Gasteiger partial charge in [-0.05, 0) is 38.2 Å². The molecule has 1 heterocycles. The van der Waals surface area contributed by atoms with E-state index < -0.39 is 0 Å². The van der Waals surface area contributed by atoms with Gasteiger partial charge in [-0.1, -0.05) is 12.1 Å². The van der Waals surface area contributed by atoms with Crippen molar-refractivity contribution in [2.45, 2.75) is 38.6 Å². The van der Waals surface area contributed by atoms with Crippen LogP contribution in [0.1, 0.15) is 31.2 Å². The lowest BCUT2D eigenvalue weighted by atomic mass is 10.2. The van der Waals surface area contributed by atoms with Crippen molar-refractivity contribution in [3.63, 3.8) is 0 Å². The van der Waals surface area contributed by atoms with Crippen LogP contribution in [-0.2, 0) is 0 Å². The molecule has 0 radical (unpaired) electrons. The third kappa shape index (κ3) is 2.03. The van der Waals surface area contributed by atoms with Crippen LogP contribution in [0.25, 0.3) is 11.0 Å². The molecular formula is C13H16N4O2. The molecule has 1 N–H and O–H groups in total. The molecule has 0 bridgehead atoms. The number of aryl methyl sites for hydroxylation is 1. The van der Waals surface area contributed by atoms with E-state index in [1.165, 1.54) is 0 Å². The van der Waals surface area contributed by atoms with E-state index in [9.17, 15) is 10.4 Å². The Bertz CT molecular complexity index is 624. The number of anilines is 1. The van der Waals surface area contributed by atoms with Gasteiger partial charge in [0.25, 0.3) is 5.52 Å². The highest BCUT2D eigenvalue weighted by atomic mass is 16.5. The fourth-order valence-corrected chi connectivity index (χ4v) is 2.69. The average Bonchev–Trinajstić information content (AvgIpc) is 2.88. The first-order valence-corrected chi connectivity index (χ1v) is 6.56. The molecule has 19 heavy (non-hydrogen) atoms. The number of nitrogens with one attached hydrogen (secondary N) is 1. The first-order chi connectivity index (χ1) is 9.16. The molecule has 0 spiro atoms. The number of para-hydroxylation sites is 1. The van der Waals surface area contributed by atoms with Gasteiger partial charge in [-0.25, -0.2) is 4.73 Å². The SMILES string of the molecule is Cc1cccc2c1[n+]([O-])c(NC1CCCC1)n[n+]2[O-]. The first kappa shape index (κ1) is 12.0. The summed E-state index contributed by atoms with van der Waals surface area (Å²) in [5.41, 5.74) is 1.45. The number of nitrogens with zero attached hydrogens (tertiary/aromatic N) is 3. The first-order valence-electron chi connectivity index (χ1n) is 6.56. The Kier molecular flexibility index (Phi) is 2.85. The van der Waals surface area contributed by atoms with Crippen LogP contribution in [0.4, 0.5) is 5.95 Å². The molecule has 0 atom stereocenters. The molecule has 1 aliphatic rings. The molecule has 0 saturated heterocycles. The van der Waals surface area contributed by atoms with Gasteiger partial charge in [-0.15, -0.1) is 0 Å². The van der Waals surface area contributed by atoms with Crippen LogP contribution < -0.4 is 14.9 Å². The lowest BCUT2D eigenvalue weighted by Crippen LogP contribution is -2.45. The van der Waals surface area contributed by atoms with E-state index in [-0.39, 0.29) is 12.0 Å². The molecule has 0 amide bonds. The summed E-state index contributed by atoms with van der Waals surface area (Å²) >= 11 is 0. The van der Waals surface area contributed by atoms with E-state index in [0.29, 0.717) is 15.9 Å². The van der Waals surface area contributed by atoms with Gasteiger partial charge >= 0.3 is 5.95 Å². The zero-order valence-electron chi connectivity index (χ0n) is 10.8. The van der Waals surface area contributed by atoms with Gasteiger partial charge in [0, 0.05) is 10.9 Å². The van der Waals surface area contributed by atoms with Crippen LogP contribution in [-0.4, -0.2) is 11.1 Å². The number of aromatic nitrogens is 3. The highest BCUT2D eigenvalue weighted by Gasteiger charge is 2.26. The number of fused-ring (bicyclic) bond motifs is 1. The molecule has 1 aromatic carbocycles. The number of rotatable bonds is 2. The largest absolute Gasteiger partial charge is 0.739 e. The van der Waals surface area contributed by atoms with Gasteiger partial charge in [-0.2, -0.15) is 0 Å². The van der Waals surface area contributed by atoms with E-state index in [1.54, 1.807) is 12.1 Å². The molecule has 6 nitrogen and oxygen atoms in total. The van der Waals surface area contributed by atoms with Crippen LogP contribution >= 0.6 is 0 Å². The monoisotopic (exact) mass is 260 g/mol. The normalized spacial score (nSPS) is 16.1. The van der Waals surface area contributed by atoms with Crippen LogP contribution in [0.2, 0.25) is 0 Å². The second-order valence-electron chi connectivity index (χ2n) is 5.06. The standard InChI is InChI=1S/C13H16N4O2/c1-9-5-4-8-11-12(9)16(18)13(15-17(11)19)14-10-6-2-3-7-10/h4-5,8,10H,2-3,6-7H2,1H3,(H,14,15). The summed E-state index contributed by atoms with van der Waals surface area (Å²) in [7, 11) is 0. The molecule has 1 aliphatic carbocycles. The minimum atomic E-state index is 0.101. The van der Waals surface area contributed by atoms with Gasteiger partial charge in [0.05, 0.1) is 6.04 Å². The van der Waals surface area contributed by atoms with Crippen molar-refractivity contribution in [3.05, 3.63) is 34.2 Å². The molecule has 1 aromatic heterocycles. The minimum absolute atomic E-state index is 0.101.